The highest BCUT2D eigenvalue weighted by Crippen LogP contribution is 2.34. The maximum Gasteiger partial charge on any atom is 0.256 e. The molecule has 2 atom stereocenters. The van der Waals surface area contributed by atoms with Gasteiger partial charge in [0.1, 0.15) is 5.82 Å². The molecular formula is C33H44FN5O2. The van der Waals surface area contributed by atoms with Crippen LogP contribution in [0, 0.1) is 24.6 Å². The van der Waals surface area contributed by atoms with Crippen LogP contribution in [0.15, 0.2) is 36.8 Å². The van der Waals surface area contributed by atoms with Crippen molar-refractivity contribution in [3.63, 3.8) is 0 Å². The first-order valence-electron chi connectivity index (χ1n) is 15.0. The number of fused-ring (bicyclic) bond motifs is 1. The molecule has 0 radical (unpaired) electrons. The first-order chi connectivity index (χ1) is 19.5. The molecule has 0 bridgehead atoms. The molecule has 0 unspecified atom stereocenters. The molecule has 0 N–H and O–H groups in total. The molecule has 5 rings (SSSR count). The van der Waals surface area contributed by atoms with Gasteiger partial charge in [-0.05, 0) is 94.5 Å². The van der Waals surface area contributed by atoms with Crippen LogP contribution in [0.4, 0.5) is 4.39 Å². The van der Waals surface area contributed by atoms with Gasteiger partial charge in [0.05, 0.1) is 23.0 Å². The Labute approximate surface area is 243 Å². The van der Waals surface area contributed by atoms with Crippen molar-refractivity contribution >= 4 is 22.7 Å². The summed E-state index contributed by atoms with van der Waals surface area (Å²) in [7, 11) is 1.76. The second-order valence-corrected chi connectivity index (χ2v) is 12.6. The molecule has 3 aromatic rings. The second kappa shape index (κ2) is 11.9. The fourth-order valence-corrected chi connectivity index (χ4v) is 6.80. The van der Waals surface area contributed by atoms with Gasteiger partial charge >= 0.3 is 0 Å². The quantitative estimate of drug-likeness (QED) is 0.384. The first-order valence-corrected chi connectivity index (χ1v) is 15.0. The van der Waals surface area contributed by atoms with E-state index in [2.05, 4.69) is 29.9 Å². The number of likely N-dealkylation sites (tertiary alicyclic amines) is 2. The highest BCUT2D eigenvalue weighted by atomic mass is 19.1. The number of pyridine rings is 1. The molecule has 220 valence electrons. The lowest BCUT2D eigenvalue weighted by atomic mass is 9.96. The predicted octanol–water partition coefficient (Wildman–Crippen LogP) is 5.46. The fourth-order valence-electron chi connectivity index (χ4n) is 6.80. The molecular weight excluding hydrogens is 517 g/mol. The Morgan fingerprint density at radius 3 is 2.56 bits per heavy atom. The largest absolute Gasteiger partial charge is 0.343 e. The lowest BCUT2D eigenvalue weighted by Gasteiger charge is -2.34. The summed E-state index contributed by atoms with van der Waals surface area (Å²) in [6, 6.07) is 5.00. The molecule has 41 heavy (non-hydrogen) atoms. The zero-order valence-corrected chi connectivity index (χ0v) is 25.4. The summed E-state index contributed by atoms with van der Waals surface area (Å²) in [4.78, 5) is 35.9. The molecule has 0 aliphatic carbocycles. The molecule has 4 heterocycles. The SMILES string of the molecule is CC(=O)N1CCC(CN2C[C@@H](Cc3cn(-c4ccc(F)cc4C(=O)N(C)C(C)C)c4cncc(C)c34)C[C@@H]2C)CC1. The fraction of sp³-hybridized carbons (Fsp3) is 0.545. The van der Waals surface area contributed by atoms with E-state index < -0.39 is 5.82 Å². The third-order valence-corrected chi connectivity index (χ3v) is 9.38. The van der Waals surface area contributed by atoms with Gasteiger partial charge in [-0.25, -0.2) is 4.39 Å². The van der Waals surface area contributed by atoms with E-state index in [0.717, 1.165) is 62.9 Å². The average Bonchev–Trinajstić information content (AvgIpc) is 3.48. The number of hydrogen-bond donors (Lipinski definition) is 0. The number of amides is 2. The molecule has 8 heteroatoms. The summed E-state index contributed by atoms with van der Waals surface area (Å²) >= 11 is 0. The molecule has 0 spiro atoms. The van der Waals surface area contributed by atoms with Crippen molar-refractivity contribution in [1.29, 1.82) is 0 Å². The number of aryl methyl sites for hydroxylation is 1. The Kier molecular flexibility index (Phi) is 8.50. The minimum absolute atomic E-state index is 0.00604. The summed E-state index contributed by atoms with van der Waals surface area (Å²) in [6.07, 6.45) is 10.1. The predicted molar refractivity (Wildman–Crippen MR) is 161 cm³/mol. The van der Waals surface area contributed by atoms with Gasteiger partial charge in [-0.2, -0.15) is 0 Å². The highest BCUT2D eigenvalue weighted by Gasteiger charge is 2.33. The van der Waals surface area contributed by atoms with Crippen LogP contribution in [-0.2, 0) is 11.2 Å². The summed E-state index contributed by atoms with van der Waals surface area (Å²) in [5.41, 5.74) is 4.31. The van der Waals surface area contributed by atoms with Gasteiger partial charge < -0.3 is 19.3 Å². The maximum absolute atomic E-state index is 14.4. The van der Waals surface area contributed by atoms with E-state index in [0.29, 0.717) is 29.1 Å². The minimum atomic E-state index is -0.424. The van der Waals surface area contributed by atoms with Crippen LogP contribution in [0.25, 0.3) is 16.6 Å². The normalized spacial score (nSPS) is 20.3. The molecule has 2 amide bonds. The van der Waals surface area contributed by atoms with Crippen molar-refractivity contribution in [3.05, 3.63) is 59.3 Å². The van der Waals surface area contributed by atoms with Gasteiger partial charge in [-0.15, -0.1) is 0 Å². The Balaban J connectivity index is 1.40. The Morgan fingerprint density at radius 1 is 1.15 bits per heavy atom. The minimum Gasteiger partial charge on any atom is -0.343 e. The van der Waals surface area contributed by atoms with Crippen molar-refractivity contribution < 1.29 is 14.0 Å². The van der Waals surface area contributed by atoms with Crippen molar-refractivity contribution in [3.8, 4) is 5.69 Å². The molecule has 7 nitrogen and oxygen atoms in total. The van der Waals surface area contributed by atoms with Crippen LogP contribution < -0.4 is 0 Å². The number of rotatable bonds is 7. The van der Waals surface area contributed by atoms with E-state index in [9.17, 15) is 14.0 Å². The van der Waals surface area contributed by atoms with Crippen LogP contribution in [0.1, 0.15) is 68.4 Å². The van der Waals surface area contributed by atoms with Crippen LogP contribution in [0.5, 0.6) is 0 Å². The standard InChI is InChI=1S/C33H44FN5O2/c1-21(2)36(6)33(41)29-15-28(34)7-8-30(29)39-20-27(32-22(3)16-35-17-31(32)39)14-26-13-23(4)38(19-26)18-25-9-11-37(12-10-25)24(5)40/h7-8,15-17,20-21,23,25-26H,9-14,18-19H2,1-6H3/t23-,26+/m0/s1. The zero-order valence-electron chi connectivity index (χ0n) is 25.4. The monoisotopic (exact) mass is 561 g/mol. The Hall–Kier alpha value is -3.26. The Bertz CT molecular complexity index is 1420. The maximum atomic E-state index is 14.4. The van der Waals surface area contributed by atoms with Crippen molar-refractivity contribution in [2.24, 2.45) is 11.8 Å². The van der Waals surface area contributed by atoms with E-state index in [-0.39, 0.29) is 17.9 Å². The van der Waals surface area contributed by atoms with Crippen molar-refractivity contribution in [2.45, 2.75) is 72.4 Å². The molecule has 2 saturated heterocycles. The van der Waals surface area contributed by atoms with Crippen molar-refractivity contribution in [1.82, 2.24) is 24.3 Å². The lowest BCUT2D eigenvalue weighted by Crippen LogP contribution is -2.41. The molecule has 0 saturated carbocycles. The van der Waals surface area contributed by atoms with Gasteiger partial charge in [0.2, 0.25) is 5.91 Å². The third kappa shape index (κ3) is 6.03. The van der Waals surface area contributed by atoms with E-state index in [1.54, 1.807) is 24.9 Å². The number of aromatic nitrogens is 2. The van der Waals surface area contributed by atoms with Crippen molar-refractivity contribution in [2.75, 3.05) is 33.2 Å². The molecule has 1 aromatic carbocycles. The summed E-state index contributed by atoms with van der Waals surface area (Å²) in [5.74, 6) is 0.725. The first kappa shape index (κ1) is 29.2. The van der Waals surface area contributed by atoms with Gasteiger partial charge in [-0.1, -0.05) is 0 Å². The summed E-state index contributed by atoms with van der Waals surface area (Å²) in [5, 5.41) is 1.17. The number of carbonyl (C=O) groups is 2. The van der Waals surface area contributed by atoms with E-state index in [1.165, 1.54) is 23.1 Å². The summed E-state index contributed by atoms with van der Waals surface area (Å²) in [6.45, 7) is 13.9. The topological polar surface area (TPSA) is 61.7 Å². The van der Waals surface area contributed by atoms with Gasteiger partial charge in [0, 0.05) is 70.0 Å². The average molecular weight is 562 g/mol. The van der Waals surface area contributed by atoms with Crippen LogP contribution >= 0.6 is 0 Å². The number of piperidine rings is 1. The van der Waals surface area contributed by atoms with E-state index >= 15 is 0 Å². The smallest absolute Gasteiger partial charge is 0.256 e. The zero-order chi connectivity index (χ0) is 29.4. The number of halogens is 1. The van der Waals surface area contributed by atoms with Crippen LogP contribution in [0.2, 0.25) is 0 Å². The summed E-state index contributed by atoms with van der Waals surface area (Å²) < 4.78 is 16.5. The lowest BCUT2D eigenvalue weighted by molar-refractivity contribution is -0.130. The molecule has 2 aliphatic heterocycles. The number of benzene rings is 1. The number of nitrogens with zero attached hydrogens (tertiary/aromatic N) is 5. The molecule has 2 fully saturated rings. The molecule has 2 aliphatic rings. The van der Waals surface area contributed by atoms with Crippen LogP contribution in [0.3, 0.4) is 0 Å². The second-order valence-electron chi connectivity index (χ2n) is 12.6. The van der Waals surface area contributed by atoms with Gasteiger partial charge in [0.25, 0.3) is 5.91 Å². The van der Waals surface area contributed by atoms with Crippen LogP contribution in [-0.4, -0.2) is 81.4 Å². The van der Waals surface area contributed by atoms with E-state index in [1.807, 2.05) is 35.7 Å². The number of carbonyl (C=O) groups excluding carboxylic acids is 2. The molecule has 2 aromatic heterocycles. The Morgan fingerprint density at radius 2 is 1.88 bits per heavy atom. The highest BCUT2D eigenvalue weighted by molar-refractivity contribution is 5.99. The van der Waals surface area contributed by atoms with Gasteiger partial charge in [-0.3, -0.25) is 14.6 Å². The number of hydrogen-bond acceptors (Lipinski definition) is 4. The third-order valence-electron chi connectivity index (χ3n) is 9.38. The van der Waals surface area contributed by atoms with E-state index in [4.69, 9.17) is 0 Å². The van der Waals surface area contributed by atoms with Gasteiger partial charge in [0.15, 0.2) is 0 Å².